The normalized spacial score (nSPS) is 18.3. The fourth-order valence-corrected chi connectivity index (χ4v) is 5.55. The number of aliphatic hydroxyl groups is 1. The number of rotatable bonds is 15. The zero-order valence-electron chi connectivity index (χ0n) is 25.8. The van der Waals surface area contributed by atoms with Crippen molar-refractivity contribution in [3.63, 3.8) is 0 Å². The van der Waals surface area contributed by atoms with Crippen molar-refractivity contribution in [2.75, 3.05) is 46.6 Å². The van der Waals surface area contributed by atoms with E-state index in [1.165, 1.54) is 20.1 Å². The van der Waals surface area contributed by atoms with Crippen LogP contribution < -0.4 is 20.7 Å². The average Bonchev–Trinajstić information content (AvgIpc) is 3.49. The number of benzene rings is 1. The van der Waals surface area contributed by atoms with Crippen LogP contribution in [0.3, 0.4) is 0 Å². The van der Waals surface area contributed by atoms with Gasteiger partial charge >= 0.3 is 0 Å². The number of ether oxygens (including phenoxy) is 2. The van der Waals surface area contributed by atoms with Crippen molar-refractivity contribution >= 4 is 23.5 Å². The first-order chi connectivity index (χ1) is 20.4. The van der Waals surface area contributed by atoms with E-state index in [-0.39, 0.29) is 48.7 Å². The summed E-state index contributed by atoms with van der Waals surface area (Å²) in [6.07, 6.45) is 4.52. The van der Waals surface area contributed by atoms with Gasteiger partial charge in [-0.1, -0.05) is 45.6 Å². The lowest BCUT2D eigenvalue weighted by Gasteiger charge is -2.30. The molecule has 3 rings (SSSR count). The smallest absolute Gasteiger partial charge is 0.243 e. The first kappa shape index (κ1) is 34.3. The number of morpholine rings is 1. The number of hydrogen-bond donors (Lipinski definition) is 5. The maximum atomic E-state index is 13.8. The number of phenols is 1. The minimum atomic E-state index is -1.12. The first-order valence-electron chi connectivity index (χ1n) is 15.1. The van der Waals surface area contributed by atoms with E-state index in [1.54, 1.807) is 26.0 Å². The number of nitrogens with one attached hydrogen (secondary N) is 3. The number of carbonyl (C=O) groups excluding carboxylic acids is 4. The van der Waals surface area contributed by atoms with Crippen LogP contribution in [0, 0.1) is 11.3 Å². The Labute approximate surface area is 253 Å². The lowest BCUT2D eigenvalue weighted by atomic mass is 9.81. The maximum Gasteiger partial charge on any atom is 0.243 e. The number of hydrogen-bond acceptors (Lipinski definition) is 9. The molecular formula is C31H48N4O8. The number of carbonyl (C=O) groups is 4. The molecule has 1 aromatic carbocycles. The summed E-state index contributed by atoms with van der Waals surface area (Å²) in [6.45, 7) is 6.92. The fraction of sp³-hybridized carbons (Fsp3) is 0.677. The molecule has 43 heavy (non-hydrogen) atoms. The Balaban J connectivity index is 1.76. The maximum absolute atomic E-state index is 13.8. The lowest BCUT2D eigenvalue weighted by Crippen LogP contribution is -2.57. The summed E-state index contributed by atoms with van der Waals surface area (Å²) in [5.41, 5.74) is -0.506. The predicted molar refractivity (Wildman–Crippen MR) is 160 cm³/mol. The Morgan fingerprint density at radius 1 is 1.05 bits per heavy atom. The summed E-state index contributed by atoms with van der Waals surface area (Å²) in [4.78, 5) is 55.0. The number of amides is 3. The van der Waals surface area contributed by atoms with Gasteiger partial charge in [0.2, 0.25) is 17.7 Å². The number of Topliss-reactive ketones (excluding diaryl/α,β-unsaturated/α-hetero) is 1. The second-order valence-electron chi connectivity index (χ2n) is 12.3. The van der Waals surface area contributed by atoms with Crippen LogP contribution in [0.2, 0.25) is 0 Å². The molecular weight excluding hydrogens is 556 g/mol. The molecule has 0 spiro atoms. The third-order valence-corrected chi connectivity index (χ3v) is 8.30. The molecule has 3 atom stereocenters. The predicted octanol–water partition coefficient (Wildman–Crippen LogP) is 0.918. The first-order valence-corrected chi connectivity index (χ1v) is 15.1. The average molecular weight is 605 g/mol. The van der Waals surface area contributed by atoms with Gasteiger partial charge in [-0.3, -0.25) is 24.1 Å². The molecule has 0 bridgehead atoms. The highest BCUT2D eigenvalue weighted by atomic mass is 16.5. The quantitative estimate of drug-likeness (QED) is 0.196. The minimum absolute atomic E-state index is 0.0112. The molecule has 0 aromatic heterocycles. The molecule has 1 saturated carbocycles. The van der Waals surface area contributed by atoms with Crippen LogP contribution >= 0.6 is 0 Å². The van der Waals surface area contributed by atoms with Crippen molar-refractivity contribution in [1.82, 2.24) is 20.9 Å². The summed E-state index contributed by atoms with van der Waals surface area (Å²) < 4.78 is 10.4. The van der Waals surface area contributed by atoms with E-state index < -0.39 is 35.4 Å². The van der Waals surface area contributed by atoms with Crippen molar-refractivity contribution in [1.29, 1.82) is 0 Å². The molecule has 1 heterocycles. The van der Waals surface area contributed by atoms with Crippen LogP contribution in [0.15, 0.2) is 18.2 Å². The van der Waals surface area contributed by atoms with E-state index in [9.17, 15) is 29.4 Å². The summed E-state index contributed by atoms with van der Waals surface area (Å²) in [7, 11) is 1.43. The molecule has 12 heteroatoms. The van der Waals surface area contributed by atoms with E-state index >= 15 is 0 Å². The van der Waals surface area contributed by atoms with Crippen LogP contribution in [-0.2, 0) is 30.3 Å². The second kappa shape index (κ2) is 16.0. The van der Waals surface area contributed by atoms with Crippen LogP contribution in [-0.4, -0.2) is 103 Å². The van der Waals surface area contributed by atoms with Crippen LogP contribution in [0.5, 0.6) is 11.5 Å². The molecule has 5 N–H and O–H groups in total. The van der Waals surface area contributed by atoms with Crippen LogP contribution in [0.4, 0.5) is 0 Å². The Hall–Kier alpha value is -3.22. The highest BCUT2D eigenvalue weighted by Gasteiger charge is 2.37. The fourth-order valence-electron chi connectivity index (χ4n) is 5.55. The van der Waals surface area contributed by atoms with Gasteiger partial charge in [0.15, 0.2) is 17.3 Å². The Morgan fingerprint density at radius 3 is 2.30 bits per heavy atom. The molecule has 2 aliphatic rings. The van der Waals surface area contributed by atoms with Gasteiger partial charge in [0.25, 0.3) is 0 Å². The number of ketones is 1. The molecule has 3 unspecified atom stereocenters. The third kappa shape index (κ3) is 10.2. The lowest BCUT2D eigenvalue weighted by molar-refractivity contribution is -0.136. The second-order valence-corrected chi connectivity index (χ2v) is 12.3. The van der Waals surface area contributed by atoms with Crippen molar-refractivity contribution in [2.45, 2.75) is 77.4 Å². The van der Waals surface area contributed by atoms with Gasteiger partial charge in [0.05, 0.1) is 39.5 Å². The summed E-state index contributed by atoms with van der Waals surface area (Å²) >= 11 is 0. The molecule has 1 saturated heterocycles. The Kier molecular flexibility index (Phi) is 12.8. The number of phenolic OH excluding ortho intramolecular Hbond substituents is 1. The van der Waals surface area contributed by atoms with Crippen molar-refractivity contribution < 1.29 is 38.9 Å². The van der Waals surface area contributed by atoms with E-state index in [4.69, 9.17) is 9.47 Å². The van der Waals surface area contributed by atoms with Crippen molar-refractivity contribution in [3.8, 4) is 11.5 Å². The van der Waals surface area contributed by atoms with Gasteiger partial charge in [0, 0.05) is 24.9 Å². The number of nitrogens with zero attached hydrogens (tertiary/aromatic N) is 1. The highest BCUT2D eigenvalue weighted by molar-refractivity contribution is 5.96. The van der Waals surface area contributed by atoms with Crippen molar-refractivity contribution in [3.05, 3.63) is 23.8 Å². The molecule has 1 aromatic rings. The molecule has 0 radical (unpaired) electrons. The zero-order valence-corrected chi connectivity index (χ0v) is 25.8. The van der Waals surface area contributed by atoms with Gasteiger partial charge in [0.1, 0.15) is 12.1 Å². The van der Waals surface area contributed by atoms with Crippen LogP contribution in [0.1, 0.15) is 58.4 Å². The minimum Gasteiger partial charge on any atom is -0.504 e. The van der Waals surface area contributed by atoms with Gasteiger partial charge in [-0.25, -0.2) is 0 Å². The zero-order chi connectivity index (χ0) is 31.6. The number of aliphatic hydroxyl groups excluding tert-OH is 1. The molecule has 1 aliphatic heterocycles. The standard InChI is InChI=1S/C31H48N4O8/c1-20(32-27(38)18-35-11-13-43-14-12-35)29(40)34-24(16-22-9-10-26(42-4)25(37)17-22)30(41)33-23(15-21-7-5-6-8-21)28(39)31(2,3)19-36/h9-10,17,20-21,23-24,36-37H,5-8,11-16,18-19H2,1-4H3,(H,32,38)(H,33,41)(H,34,40). The van der Waals surface area contributed by atoms with E-state index in [0.29, 0.717) is 38.3 Å². The SMILES string of the molecule is COc1ccc(CC(NC(=O)C(C)NC(=O)CN2CCOCC2)C(=O)NC(CC2CCCC2)C(=O)C(C)(C)CO)cc1O. The largest absolute Gasteiger partial charge is 0.504 e. The Bertz CT molecular complexity index is 1120. The highest BCUT2D eigenvalue weighted by Crippen LogP contribution is 2.31. The molecule has 3 amide bonds. The topological polar surface area (TPSA) is 167 Å². The van der Waals surface area contributed by atoms with Crippen LogP contribution in [0.25, 0.3) is 0 Å². The summed E-state index contributed by atoms with van der Waals surface area (Å²) in [6, 6.07) is 1.80. The van der Waals surface area contributed by atoms with E-state index in [0.717, 1.165) is 25.7 Å². The number of methoxy groups -OCH3 is 1. The summed E-state index contributed by atoms with van der Waals surface area (Å²) in [5, 5.41) is 28.5. The Morgan fingerprint density at radius 2 is 1.70 bits per heavy atom. The van der Waals surface area contributed by atoms with Gasteiger partial charge in [-0.15, -0.1) is 0 Å². The summed E-state index contributed by atoms with van der Waals surface area (Å²) in [5.74, 6) is -1.31. The number of aromatic hydroxyl groups is 1. The van der Waals surface area contributed by atoms with Gasteiger partial charge in [-0.2, -0.15) is 0 Å². The van der Waals surface area contributed by atoms with E-state index in [1.807, 2.05) is 4.90 Å². The van der Waals surface area contributed by atoms with Gasteiger partial charge < -0.3 is 35.6 Å². The van der Waals surface area contributed by atoms with Crippen molar-refractivity contribution in [2.24, 2.45) is 11.3 Å². The molecule has 1 aliphatic carbocycles. The molecule has 12 nitrogen and oxygen atoms in total. The monoisotopic (exact) mass is 604 g/mol. The molecule has 240 valence electrons. The van der Waals surface area contributed by atoms with Gasteiger partial charge in [-0.05, 0) is 37.0 Å². The third-order valence-electron chi connectivity index (χ3n) is 8.30. The molecule has 2 fully saturated rings. The van der Waals surface area contributed by atoms with E-state index in [2.05, 4.69) is 16.0 Å².